The molecule has 0 N–H and O–H groups in total. The van der Waals surface area contributed by atoms with Gasteiger partial charge in [0, 0.05) is 10.1 Å². The molecule has 0 aromatic carbocycles. The zero-order valence-electron chi connectivity index (χ0n) is 5.25. The van der Waals surface area contributed by atoms with Crippen LogP contribution in [0.3, 0.4) is 0 Å². The Morgan fingerprint density at radius 1 is 1.33 bits per heavy atom. The van der Waals surface area contributed by atoms with E-state index in [0.717, 1.165) is 22.9 Å². The van der Waals surface area contributed by atoms with Gasteiger partial charge in [-0.25, -0.2) is 0 Å². The molecular formula is C7H8Cl2. The predicted octanol–water partition coefficient (Wildman–Crippen LogP) is 3.42. The van der Waals surface area contributed by atoms with Crippen LogP contribution in [-0.4, -0.2) is 0 Å². The van der Waals surface area contributed by atoms with Gasteiger partial charge in [-0.05, 0) is 25.8 Å². The Balaban J connectivity index is 2.83. The number of allylic oxidation sites excluding steroid dienone is 4. The van der Waals surface area contributed by atoms with Crippen molar-refractivity contribution in [2.75, 3.05) is 0 Å². The molecule has 0 saturated carbocycles. The van der Waals surface area contributed by atoms with Crippen LogP contribution in [0.4, 0.5) is 0 Å². The van der Waals surface area contributed by atoms with E-state index in [4.69, 9.17) is 23.2 Å². The number of halogens is 2. The Morgan fingerprint density at radius 2 is 2.00 bits per heavy atom. The van der Waals surface area contributed by atoms with E-state index in [9.17, 15) is 0 Å². The molecule has 0 amide bonds. The summed E-state index contributed by atoms with van der Waals surface area (Å²) in [7, 11) is 0. The van der Waals surface area contributed by atoms with E-state index in [2.05, 4.69) is 0 Å². The topological polar surface area (TPSA) is 0 Å². The van der Waals surface area contributed by atoms with Crippen molar-refractivity contribution in [3.8, 4) is 0 Å². The molecule has 1 aliphatic carbocycles. The second-order valence-corrected chi connectivity index (χ2v) is 3.11. The van der Waals surface area contributed by atoms with Crippen LogP contribution in [0.1, 0.15) is 19.8 Å². The first-order valence-corrected chi connectivity index (χ1v) is 3.67. The minimum absolute atomic E-state index is 0.811. The highest BCUT2D eigenvalue weighted by molar-refractivity contribution is 6.35. The average molecular weight is 163 g/mol. The summed E-state index contributed by atoms with van der Waals surface area (Å²) in [5.74, 6) is 0. The van der Waals surface area contributed by atoms with Gasteiger partial charge < -0.3 is 0 Å². The van der Waals surface area contributed by atoms with Gasteiger partial charge in [0.2, 0.25) is 0 Å². The predicted molar refractivity (Wildman–Crippen MR) is 41.7 cm³/mol. The van der Waals surface area contributed by atoms with Crippen molar-refractivity contribution in [1.29, 1.82) is 0 Å². The summed E-state index contributed by atoms with van der Waals surface area (Å²) in [4.78, 5) is 0. The molecule has 0 saturated heterocycles. The molecule has 0 aromatic rings. The smallest absolute Gasteiger partial charge is 0.0406 e. The van der Waals surface area contributed by atoms with Crippen LogP contribution < -0.4 is 0 Å². The zero-order chi connectivity index (χ0) is 6.85. The van der Waals surface area contributed by atoms with Gasteiger partial charge in [0.1, 0.15) is 0 Å². The van der Waals surface area contributed by atoms with Gasteiger partial charge in [0.25, 0.3) is 0 Å². The van der Waals surface area contributed by atoms with Crippen molar-refractivity contribution in [3.05, 3.63) is 21.7 Å². The van der Waals surface area contributed by atoms with Gasteiger partial charge in [-0.3, -0.25) is 0 Å². The standard InChI is InChI=1S/C7H8Cl2/c1-5-2-3-6(8)4-7(5)9/h4H,2-3H2,1H3. The van der Waals surface area contributed by atoms with Crippen molar-refractivity contribution < 1.29 is 0 Å². The van der Waals surface area contributed by atoms with E-state index in [1.165, 1.54) is 5.57 Å². The molecule has 50 valence electrons. The monoisotopic (exact) mass is 162 g/mol. The van der Waals surface area contributed by atoms with Crippen molar-refractivity contribution >= 4 is 23.2 Å². The Bertz CT molecular complexity index is 177. The molecule has 0 spiro atoms. The van der Waals surface area contributed by atoms with Gasteiger partial charge in [-0.15, -0.1) is 0 Å². The van der Waals surface area contributed by atoms with Gasteiger partial charge >= 0.3 is 0 Å². The van der Waals surface area contributed by atoms with Gasteiger partial charge in [0.15, 0.2) is 0 Å². The third-order valence-electron chi connectivity index (χ3n) is 1.43. The molecule has 0 nitrogen and oxygen atoms in total. The molecular weight excluding hydrogens is 155 g/mol. The molecule has 1 aliphatic rings. The summed E-state index contributed by atoms with van der Waals surface area (Å²) in [5, 5.41) is 1.68. The maximum absolute atomic E-state index is 5.78. The molecule has 0 bridgehead atoms. The molecule has 0 aromatic heterocycles. The lowest BCUT2D eigenvalue weighted by molar-refractivity contribution is 0.941. The fourth-order valence-corrected chi connectivity index (χ4v) is 1.24. The summed E-state index contributed by atoms with van der Waals surface area (Å²) >= 11 is 11.5. The first-order valence-electron chi connectivity index (χ1n) is 2.91. The Hall–Kier alpha value is 0.0600. The molecule has 0 atom stereocenters. The Labute approximate surface area is 65.2 Å². The van der Waals surface area contributed by atoms with Gasteiger partial charge in [-0.1, -0.05) is 28.8 Å². The third-order valence-corrected chi connectivity index (χ3v) is 2.16. The second-order valence-electron chi connectivity index (χ2n) is 2.22. The highest BCUT2D eigenvalue weighted by atomic mass is 35.5. The van der Waals surface area contributed by atoms with E-state index in [0.29, 0.717) is 0 Å². The summed E-state index contributed by atoms with van der Waals surface area (Å²) in [6.07, 6.45) is 3.78. The van der Waals surface area contributed by atoms with Crippen LogP contribution in [-0.2, 0) is 0 Å². The minimum atomic E-state index is 0.811. The number of rotatable bonds is 0. The molecule has 2 heteroatoms. The van der Waals surface area contributed by atoms with E-state index >= 15 is 0 Å². The van der Waals surface area contributed by atoms with Crippen LogP contribution >= 0.6 is 23.2 Å². The summed E-state index contributed by atoms with van der Waals surface area (Å²) < 4.78 is 0. The maximum atomic E-state index is 5.78. The molecule has 0 unspecified atom stereocenters. The normalized spacial score (nSPS) is 20.1. The molecule has 0 fully saturated rings. The first kappa shape index (κ1) is 7.17. The largest absolute Gasteiger partial charge is 0.0891 e. The van der Waals surface area contributed by atoms with Crippen LogP contribution in [0.5, 0.6) is 0 Å². The van der Waals surface area contributed by atoms with Crippen molar-refractivity contribution in [3.63, 3.8) is 0 Å². The Kier molecular flexibility index (Phi) is 2.20. The fraction of sp³-hybridized carbons (Fsp3) is 0.429. The lowest BCUT2D eigenvalue weighted by Crippen LogP contribution is -1.88. The molecule has 9 heavy (non-hydrogen) atoms. The number of hydrogen-bond donors (Lipinski definition) is 0. The molecule has 1 rings (SSSR count). The molecule has 0 aliphatic heterocycles. The first-order chi connectivity index (χ1) is 4.20. The van der Waals surface area contributed by atoms with E-state index in [-0.39, 0.29) is 0 Å². The summed E-state index contributed by atoms with van der Waals surface area (Å²) in [6, 6.07) is 0. The fourth-order valence-electron chi connectivity index (χ4n) is 0.759. The molecule has 0 radical (unpaired) electrons. The lowest BCUT2D eigenvalue weighted by Gasteiger charge is -2.08. The maximum Gasteiger partial charge on any atom is 0.0406 e. The van der Waals surface area contributed by atoms with E-state index < -0.39 is 0 Å². The number of hydrogen-bond acceptors (Lipinski definition) is 0. The van der Waals surface area contributed by atoms with Gasteiger partial charge in [-0.2, -0.15) is 0 Å². The Morgan fingerprint density at radius 3 is 2.44 bits per heavy atom. The third kappa shape index (κ3) is 1.74. The van der Waals surface area contributed by atoms with Crippen LogP contribution in [0.2, 0.25) is 0 Å². The molecule has 0 heterocycles. The average Bonchev–Trinajstić information content (AvgIpc) is 1.80. The zero-order valence-corrected chi connectivity index (χ0v) is 6.76. The van der Waals surface area contributed by atoms with Crippen LogP contribution in [0, 0.1) is 0 Å². The minimum Gasteiger partial charge on any atom is -0.0891 e. The quantitative estimate of drug-likeness (QED) is 0.513. The summed E-state index contributed by atoms with van der Waals surface area (Å²) in [5.41, 5.74) is 1.24. The van der Waals surface area contributed by atoms with E-state index in [1.54, 1.807) is 0 Å². The van der Waals surface area contributed by atoms with E-state index in [1.807, 2.05) is 13.0 Å². The highest BCUT2D eigenvalue weighted by Crippen LogP contribution is 2.27. The van der Waals surface area contributed by atoms with Crippen LogP contribution in [0.25, 0.3) is 0 Å². The lowest BCUT2D eigenvalue weighted by atomic mass is 10.1. The second kappa shape index (κ2) is 2.76. The van der Waals surface area contributed by atoms with Crippen molar-refractivity contribution in [2.45, 2.75) is 19.8 Å². The SMILES string of the molecule is CC1=C(Cl)C=C(Cl)CC1. The van der Waals surface area contributed by atoms with Crippen molar-refractivity contribution in [1.82, 2.24) is 0 Å². The van der Waals surface area contributed by atoms with Crippen molar-refractivity contribution in [2.24, 2.45) is 0 Å². The summed E-state index contributed by atoms with van der Waals surface area (Å²) in [6.45, 7) is 2.03. The van der Waals surface area contributed by atoms with Crippen LogP contribution in [0.15, 0.2) is 21.7 Å². The van der Waals surface area contributed by atoms with Gasteiger partial charge in [0.05, 0.1) is 0 Å². The highest BCUT2D eigenvalue weighted by Gasteiger charge is 2.05.